The Hall–Kier alpha value is -4.01. The Bertz CT molecular complexity index is 1270. The predicted molar refractivity (Wildman–Crippen MR) is 127 cm³/mol. The Morgan fingerprint density at radius 2 is 1.62 bits per heavy atom. The van der Waals surface area contributed by atoms with E-state index >= 15 is 0 Å². The molecule has 3 aromatic rings. The Kier molecular flexibility index (Phi) is 7.01. The zero-order chi connectivity index (χ0) is 24.1. The van der Waals surface area contributed by atoms with Crippen molar-refractivity contribution in [3.05, 3.63) is 76.2 Å². The lowest BCUT2D eigenvalue weighted by molar-refractivity contribution is -0.129. The highest BCUT2D eigenvalue weighted by atomic mass is 16.2. The molecule has 9 nitrogen and oxygen atoms in total. The minimum Gasteiger partial charge on any atom is -0.344 e. The van der Waals surface area contributed by atoms with Gasteiger partial charge in [-0.3, -0.25) is 30.0 Å². The van der Waals surface area contributed by atoms with E-state index in [0.29, 0.717) is 10.8 Å². The average molecular weight is 462 g/mol. The summed E-state index contributed by atoms with van der Waals surface area (Å²) < 4.78 is 1.24. The van der Waals surface area contributed by atoms with Crippen LogP contribution in [0.1, 0.15) is 48.7 Å². The van der Waals surface area contributed by atoms with Gasteiger partial charge in [-0.05, 0) is 30.4 Å². The summed E-state index contributed by atoms with van der Waals surface area (Å²) in [6.45, 7) is 1.56. The molecule has 1 aliphatic carbocycles. The number of hydrazine groups is 1. The predicted octanol–water partition coefficient (Wildman–Crippen LogP) is 1.90. The smallest absolute Gasteiger partial charge is 0.290 e. The largest absolute Gasteiger partial charge is 0.344 e. The van der Waals surface area contributed by atoms with E-state index < -0.39 is 17.9 Å². The first-order valence-corrected chi connectivity index (χ1v) is 11.3. The summed E-state index contributed by atoms with van der Waals surface area (Å²) in [6, 6.07) is 15.3. The van der Waals surface area contributed by atoms with E-state index in [9.17, 15) is 19.2 Å². The zero-order valence-corrected chi connectivity index (χ0v) is 18.9. The second kappa shape index (κ2) is 10.3. The maximum atomic E-state index is 13.1. The summed E-state index contributed by atoms with van der Waals surface area (Å²) in [5, 5.41) is 7.75. The number of nitrogens with zero attached hydrogens (tertiary/aromatic N) is 2. The number of rotatable bonds is 6. The third kappa shape index (κ3) is 5.14. The van der Waals surface area contributed by atoms with Crippen molar-refractivity contribution in [1.82, 2.24) is 25.9 Å². The van der Waals surface area contributed by atoms with Crippen molar-refractivity contribution in [3.63, 3.8) is 0 Å². The van der Waals surface area contributed by atoms with Gasteiger partial charge < -0.3 is 5.32 Å². The summed E-state index contributed by atoms with van der Waals surface area (Å²) in [6.07, 6.45) is 3.67. The molecule has 0 aliphatic heterocycles. The van der Waals surface area contributed by atoms with Gasteiger partial charge in [0.2, 0.25) is 5.91 Å². The molecule has 4 rings (SSSR count). The van der Waals surface area contributed by atoms with Gasteiger partial charge in [-0.25, -0.2) is 4.68 Å². The molecular formula is C25H27N5O4. The summed E-state index contributed by atoms with van der Waals surface area (Å²) in [5.41, 5.74) is 5.41. The van der Waals surface area contributed by atoms with Crippen LogP contribution in [0, 0.1) is 5.92 Å². The van der Waals surface area contributed by atoms with Gasteiger partial charge in [0, 0.05) is 12.3 Å². The highest BCUT2D eigenvalue weighted by molar-refractivity contribution is 6.05. The number of carbonyl (C=O) groups is 3. The molecule has 3 amide bonds. The lowest BCUT2D eigenvalue weighted by atomic mass is 9.97. The fourth-order valence-electron chi connectivity index (χ4n) is 4.43. The third-order valence-corrected chi connectivity index (χ3v) is 6.07. The lowest BCUT2D eigenvalue weighted by Crippen LogP contribution is -2.54. The standard InChI is InChI=1S/C25H27N5O4/c1-16(31)26-21(18-11-5-6-12-18)23(32)27-28-24(33)22-19-13-7-8-14-20(19)25(34)30(29-22)15-17-9-3-2-4-10-17/h2-4,7-10,13-14,18,21H,5-6,11-12,15H2,1H3,(H,26,31)(H,27,32)(H,28,33). The van der Waals surface area contributed by atoms with Gasteiger partial charge in [0.1, 0.15) is 6.04 Å². The van der Waals surface area contributed by atoms with E-state index in [1.165, 1.54) is 11.6 Å². The summed E-state index contributed by atoms with van der Waals surface area (Å²) in [7, 11) is 0. The number of carbonyl (C=O) groups excluding carboxylic acids is 3. The van der Waals surface area contributed by atoms with Crippen LogP contribution < -0.4 is 21.7 Å². The molecule has 0 radical (unpaired) electrons. The minimum atomic E-state index is -0.725. The zero-order valence-electron chi connectivity index (χ0n) is 18.9. The topological polar surface area (TPSA) is 122 Å². The molecule has 1 unspecified atom stereocenters. The van der Waals surface area contributed by atoms with Gasteiger partial charge in [-0.15, -0.1) is 0 Å². The van der Waals surface area contributed by atoms with E-state index in [-0.39, 0.29) is 29.6 Å². The first kappa shape index (κ1) is 23.2. The fraction of sp³-hybridized carbons (Fsp3) is 0.320. The van der Waals surface area contributed by atoms with Crippen LogP contribution in [0.15, 0.2) is 59.4 Å². The van der Waals surface area contributed by atoms with Gasteiger partial charge in [0.15, 0.2) is 5.69 Å². The van der Waals surface area contributed by atoms with E-state index in [4.69, 9.17) is 0 Å². The van der Waals surface area contributed by atoms with E-state index in [1.54, 1.807) is 24.3 Å². The molecule has 1 fully saturated rings. The number of fused-ring (bicyclic) bond motifs is 1. The van der Waals surface area contributed by atoms with Crippen LogP contribution in [-0.2, 0) is 16.1 Å². The van der Waals surface area contributed by atoms with Crippen LogP contribution in [0.3, 0.4) is 0 Å². The first-order valence-electron chi connectivity index (χ1n) is 11.3. The second-order valence-corrected chi connectivity index (χ2v) is 8.51. The molecule has 176 valence electrons. The average Bonchev–Trinajstić information content (AvgIpc) is 3.38. The third-order valence-electron chi connectivity index (χ3n) is 6.07. The van der Waals surface area contributed by atoms with Gasteiger partial charge in [-0.1, -0.05) is 61.4 Å². The van der Waals surface area contributed by atoms with Crippen molar-refractivity contribution in [1.29, 1.82) is 0 Å². The van der Waals surface area contributed by atoms with Crippen LogP contribution >= 0.6 is 0 Å². The number of aromatic nitrogens is 2. The molecule has 34 heavy (non-hydrogen) atoms. The molecule has 0 spiro atoms. The van der Waals surface area contributed by atoms with Crippen molar-refractivity contribution in [3.8, 4) is 0 Å². The van der Waals surface area contributed by atoms with Gasteiger partial charge in [-0.2, -0.15) is 5.10 Å². The number of amides is 3. The van der Waals surface area contributed by atoms with Crippen LogP contribution in [0.5, 0.6) is 0 Å². The van der Waals surface area contributed by atoms with Crippen molar-refractivity contribution in [2.24, 2.45) is 5.92 Å². The SMILES string of the molecule is CC(=O)NC(C(=O)NNC(=O)c1nn(Cc2ccccc2)c(=O)c2ccccc12)C1CCCC1. The number of hydrogen-bond acceptors (Lipinski definition) is 5. The van der Waals surface area contributed by atoms with E-state index in [1.807, 2.05) is 30.3 Å². The first-order chi connectivity index (χ1) is 16.4. The molecule has 1 aliphatic rings. The monoisotopic (exact) mass is 461 g/mol. The normalized spacial score (nSPS) is 14.5. The Balaban J connectivity index is 1.58. The van der Waals surface area contributed by atoms with Gasteiger partial charge >= 0.3 is 0 Å². The molecule has 1 heterocycles. The summed E-state index contributed by atoms with van der Waals surface area (Å²) in [5.74, 6) is -1.43. The molecule has 0 bridgehead atoms. The lowest BCUT2D eigenvalue weighted by Gasteiger charge is -2.23. The van der Waals surface area contributed by atoms with Crippen molar-refractivity contribution in [2.45, 2.75) is 45.2 Å². The number of hydrogen-bond donors (Lipinski definition) is 3. The summed E-state index contributed by atoms with van der Waals surface area (Å²) in [4.78, 5) is 50.5. The maximum Gasteiger partial charge on any atom is 0.290 e. The second-order valence-electron chi connectivity index (χ2n) is 8.51. The Labute approximate surface area is 196 Å². The molecule has 2 aromatic carbocycles. The highest BCUT2D eigenvalue weighted by Crippen LogP contribution is 2.27. The quantitative estimate of drug-likeness (QED) is 0.484. The van der Waals surface area contributed by atoms with Crippen LogP contribution in [-0.4, -0.2) is 33.5 Å². The highest BCUT2D eigenvalue weighted by Gasteiger charge is 2.31. The maximum absolute atomic E-state index is 13.1. The van der Waals surface area contributed by atoms with E-state index in [2.05, 4.69) is 21.3 Å². The molecule has 3 N–H and O–H groups in total. The minimum absolute atomic E-state index is 0.0170. The molecule has 1 aromatic heterocycles. The fourth-order valence-corrected chi connectivity index (χ4v) is 4.43. The molecule has 0 saturated heterocycles. The number of nitrogens with one attached hydrogen (secondary N) is 3. The molecule has 1 saturated carbocycles. The number of benzene rings is 2. The molecule has 9 heteroatoms. The van der Waals surface area contributed by atoms with Crippen LogP contribution in [0.4, 0.5) is 0 Å². The van der Waals surface area contributed by atoms with E-state index in [0.717, 1.165) is 31.2 Å². The van der Waals surface area contributed by atoms with Crippen LogP contribution in [0.25, 0.3) is 10.8 Å². The molecular weight excluding hydrogens is 434 g/mol. The molecule has 1 atom stereocenters. The van der Waals surface area contributed by atoms with Crippen molar-refractivity contribution >= 4 is 28.5 Å². The Morgan fingerprint density at radius 3 is 2.29 bits per heavy atom. The van der Waals surface area contributed by atoms with Crippen molar-refractivity contribution in [2.75, 3.05) is 0 Å². The van der Waals surface area contributed by atoms with Gasteiger partial charge in [0.05, 0.1) is 11.9 Å². The van der Waals surface area contributed by atoms with Crippen LogP contribution in [0.2, 0.25) is 0 Å². The van der Waals surface area contributed by atoms with Crippen molar-refractivity contribution < 1.29 is 14.4 Å². The Morgan fingerprint density at radius 1 is 0.971 bits per heavy atom. The van der Waals surface area contributed by atoms with Gasteiger partial charge in [0.25, 0.3) is 17.4 Å². The summed E-state index contributed by atoms with van der Waals surface area (Å²) >= 11 is 0.